The summed E-state index contributed by atoms with van der Waals surface area (Å²) in [6.07, 6.45) is -3.01. The van der Waals surface area contributed by atoms with Gasteiger partial charge in [0.15, 0.2) is 0 Å². The molecule has 6 nitrogen and oxygen atoms in total. The third kappa shape index (κ3) is 9.19. The summed E-state index contributed by atoms with van der Waals surface area (Å²) >= 11 is 0. The fourth-order valence-electron chi connectivity index (χ4n) is 5.94. The van der Waals surface area contributed by atoms with Gasteiger partial charge in [-0.15, -0.1) is 0 Å². The Morgan fingerprint density at radius 2 is 0.875 bits per heavy atom. The summed E-state index contributed by atoms with van der Waals surface area (Å²) in [6.45, 7) is 5.91. The molecule has 1 saturated heterocycles. The van der Waals surface area contributed by atoms with Crippen LogP contribution in [0, 0.1) is 13.8 Å². The fraction of sp³-hybridized carbons (Fsp3) is 0.286. The number of hydrogen-bond acceptors (Lipinski definition) is 6. The first kappa shape index (κ1) is 33.6. The highest BCUT2D eigenvalue weighted by Gasteiger charge is 2.50. The third-order valence-electron chi connectivity index (χ3n) is 8.48. The van der Waals surface area contributed by atoms with Crippen molar-refractivity contribution in [3.63, 3.8) is 0 Å². The highest BCUT2D eigenvalue weighted by Crippen LogP contribution is 2.34. The van der Waals surface area contributed by atoms with Crippen molar-refractivity contribution in [2.45, 2.75) is 71.0 Å². The van der Waals surface area contributed by atoms with Crippen LogP contribution in [0.4, 0.5) is 0 Å². The number of benzene rings is 5. The highest BCUT2D eigenvalue weighted by molar-refractivity contribution is 5.40. The molecule has 0 saturated carbocycles. The zero-order valence-corrected chi connectivity index (χ0v) is 27.7. The van der Waals surface area contributed by atoms with Crippen molar-refractivity contribution in [2.75, 3.05) is 6.61 Å². The molecule has 1 heterocycles. The Labute approximate surface area is 284 Å². The lowest BCUT2D eigenvalue weighted by Crippen LogP contribution is -2.62. The summed E-state index contributed by atoms with van der Waals surface area (Å²) in [5.41, 5.74) is 6.26. The van der Waals surface area contributed by atoms with Crippen molar-refractivity contribution in [3.05, 3.63) is 173 Å². The van der Waals surface area contributed by atoms with Gasteiger partial charge in [0.1, 0.15) is 30.2 Å². The van der Waals surface area contributed by atoms with E-state index in [1.54, 1.807) is 0 Å². The Morgan fingerprint density at radius 3 is 1.35 bits per heavy atom. The van der Waals surface area contributed by atoms with Crippen molar-refractivity contribution in [1.29, 1.82) is 0 Å². The topological polar surface area (TPSA) is 55.4 Å². The second kappa shape index (κ2) is 17.2. The molecule has 0 N–H and O–H groups in total. The van der Waals surface area contributed by atoms with Crippen LogP contribution in [0.1, 0.15) is 33.4 Å². The number of para-hydroxylation sites is 1. The van der Waals surface area contributed by atoms with E-state index in [4.69, 9.17) is 28.4 Å². The van der Waals surface area contributed by atoms with E-state index in [-0.39, 0.29) is 6.61 Å². The molecule has 1 aliphatic rings. The molecule has 5 aromatic rings. The molecule has 5 aromatic carbocycles. The van der Waals surface area contributed by atoms with Gasteiger partial charge in [0.25, 0.3) is 0 Å². The third-order valence-corrected chi connectivity index (χ3v) is 8.48. The minimum absolute atomic E-state index is 0.275. The predicted octanol–water partition coefficient (Wildman–Crippen LogP) is 8.38. The summed E-state index contributed by atoms with van der Waals surface area (Å²) in [5.74, 6) is 0.769. The maximum absolute atomic E-state index is 6.85. The van der Waals surface area contributed by atoms with Crippen molar-refractivity contribution >= 4 is 0 Å². The van der Waals surface area contributed by atoms with Crippen LogP contribution in [0.25, 0.3) is 0 Å². The van der Waals surface area contributed by atoms with E-state index in [0.717, 1.165) is 39.1 Å². The van der Waals surface area contributed by atoms with Crippen LogP contribution in [0.5, 0.6) is 5.75 Å². The summed E-state index contributed by atoms with van der Waals surface area (Å²) in [5, 5.41) is 0. The van der Waals surface area contributed by atoms with Crippen molar-refractivity contribution in [2.24, 2.45) is 0 Å². The first-order valence-electron chi connectivity index (χ1n) is 16.6. The second-order valence-electron chi connectivity index (χ2n) is 12.2. The van der Waals surface area contributed by atoms with Crippen LogP contribution in [-0.2, 0) is 50.1 Å². The van der Waals surface area contributed by atoms with Gasteiger partial charge in [-0.1, -0.05) is 140 Å². The van der Waals surface area contributed by atoms with Crippen LogP contribution >= 0.6 is 0 Å². The Hall–Kier alpha value is -4.30. The molecule has 1 aliphatic heterocycles. The van der Waals surface area contributed by atoms with E-state index >= 15 is 0 Å². The molecule has 0 radical (unpaired) electrons. The molecular formula is C42H44O6. The predicted molar refractivity (Wildman–Crippen MR) is 186 cm³/mol. The molecular weight excluding hydrogens is 600 g/mol. The molecule has 6 rings (SSSR count). The van der Waals surface area contributed by atoms with E-state index in [9.17, 15) is 0 Å². The minimum atomic E-state index is -0.795. The van der Waals surface area contributed by atoms with Crippen LogP contribution in [0.15, 0.2) is 140 Å². The standard InChI is InChI=1S/C42H44O6/c1-31-16-15-17-32(2)38(31)48-42-41(46-29-36-24-13-6-14-25-36)40(45-28-35-22-11-5-12-23-35)39(44-27-34-20-9-4-10-21-34)37(47-42)30-43-26-33-18-7-3-8-19-33/h3-25,37,39-42H,26-30H2,1-2H3/t37?,39-,40?,41?,42-/m0/s1. The van der Waals surface area contributed by atoms with Crippen LogP contribution in [0.2, 0.25) is 0 Å². The Bertz CT molecular complexity index is 1630. The minimum Gasteiger partial charge on any atom is -0.461 e. The van der Waals surface area contributed by atoms with Crippen LogP contribution in [0.3, 0.4) is 0 Å². The van der Waals surface area contributed by atoms with Crippen molar-refractivity contribution in [1.82, 2.24) is 0 Å². The fourth-order valence-corrected chi connectivity index (χ4v) is 5.94. The lowest BCUT2D eigenvalue weighted by atomic mass is 9.97. The molecule has 0 aliphatic carbocycles. The van der Waals surface area contributed by atoms with Gasteiger partial charge in [0.2, 0.25) is 6.29 Å². The monoisotopic (exact) mass is 644 g/mol. The normalized spacial score (nSPS) is 20.8. The van der Waals surface area contributed by atoms with Crippen molar-refractivity contribution in [3.8, 4) is 5.75 Å². The largest absolute Gasteiger partial charge is 0.461 e. The molecule has 3 unspecified atom stereocenters. The first-order valence-corrected chi connectivity index (χ1v) is 16.6. The van der Waals surface area contributed by atoms with Gasteiger partial charge in [-0.05, 0) is 47.2 Å². The lowest BCUT2D eigenvalue weighted by Gasteiger charge is -2.46. The van der Waals surface area contributed by atoms with Gasteiger partial charge in [-0.2, -0.15) is 0 Å². The molecule has 1 fully saturated rings. The van der Waals surface area contributed by atoms with Crippen LogP contribution in [-0.4, -0.2) is 37.3 Å². The number of rotatable bonds is 15. The molecule has 0 spiro atoms. The highest BCUT2D eigenvalue weighted by atomic mass is 16.7. The summed E-state index contributed by atoms with van der Waals surface area (Å²) in [6, 6.07) is 46.7. The van der Waals surface area contributed by atoms with E-state index in [1.165, 1.54) is 0 Å². The Balaban J connectivity index is 1.34. The maximum Gasteiger partial charge on any atom is 0.229 e. The second-order valence-corrected chi connectivity index (χ2v) is 12.2. The Morgan fingerprint density at radius 1 is 0.458 bits per heavy atom. The van der Waals surface area contributed by atoms with E-state index in [1.807, 2.05) is 105 Å². The van der Waals surface area contributed by atoms with Gasteiger partial charge in [-0.25, -0.2) is 0 Å². The summed E-state index contributed by atoms with van der Waals surface area (Å²) < 4.78 is 40.2. The number of hydrogen-bond donors (Lipinski definition) is 0. The average Bonchev–Trinajstić information content (AvgIpc) is 3.13. The summed E-state index contributed by atoms with van der Waals surface area (Å²) in [7, 11) is 0. The quantitative estimate of drug-likeness (QED) is 0.114. The van der Waals surface area contributed by atoms with Gasteiger partial charge >= 0.3 is 0 Å². The van der Waals surface area contributed by atoms with Gasteiger partial charge in [-0.3, -0.25) is 0 Å². The van der Waals surface area contributed by atoms with Gasteiger partial charge in [0, 0.05) is 0 Å². The zero-order chi connectivity index (χ0) is 33.0. The van der Waals surface area contributed by atoms with Gasteiger partial charge in [0.05, 0.1) is 33.0 Å². The number of aryl methyl sites for hydroxylation is 2. The van der Waals surface area contributed by atoms with Gasteiger partial charge < -0.3 is 28.4 Å². The summed E-state index contributed by atoms with van der Waals surface area (Å²) in [4.78, 5) is 0. The van der Waals surface area contributed by atoms with Crippen LogP contribution < -0.4 is 4.74 Å². The molecule has 0 amide bonds. The molecule has 0 bridgehead atoms. The number of ether oxygens (including phenoxy) is 6. The van der Waals surface area contributed by atoms with E-state index < -0.39 is 30.7 Å². The SMILES string of the molecule is Cc1cccc(C)c1O[C@@H]1OC(COCc2ccccc2)[C@H](OCc2ccccc2)C(OCc2ccccc2)C1OCc1ccccc1. The molecule has 6 heteroatoms. The molecule has 5 atom stereocenters. The average molecular weight is 645 g/mol. The smallest absolute Gasteiger partial charge is 0.229 e. The zero-order valence-electron chi connectivity index (χ0n) is 27.7. The molecule has 248 valence electrons. The van der Waals surface area contributed by atoms with E-state index in [0.29, 0.717) is 26.4 Å². The first-order chi connectivity index (χ1) is 23.6. The van der Waals surface area contributed by atoms with Crippen molar-refractivity contribution < 1.29 is 28.4 Å². The Kier molecular flexibility index (Phi) is 12.0. The maximum atomic E-state index is 6.85. The lowest BCUT2D eigenvalue weighted by molar-refractivity contribution is -0.310. The molecule has 0 aromatic heterocycles. The molecule has 48 heavy (non-hydrogen) atoms. The van der Waals surface area contributed by atoms with E-state index in [2.05, 4.69) is 48.5 Å².